The molecule has 0 spiro atoms. The van der Waals surface area contributed by atoms with Crippen molar-refractivity contribution in [1.29, 1.82) is 0 Å². The Kier molecular flexibility index (Phi) is 6.45. The van der Waals surface area contributed by atoms with Gasteiger partial charge in [0.05, 0.1) is 48.6 Å². The fourth-order valence-corrected chi connectivity index (χ4v) is 4.45. The van der Waals surface area contributed by atoms with Crippen LogP contribution in [0.25, 0.3) is 0 Å². The molecular weight excluding hydrogens is 416 g/mol. The minimum absolute atomic E-state index is 0.0536. The summed E-state index contributed by atoms with van der Waals surface area (Å²) in [6.07, 6.45) is -9.41. The van der Waals surface area contributed by atoms with E-state index in [0.29, 0.717) is 0 Å². The van der Waals surface area contributed by atoms with Gasteiger partial charge in [0.1, 0.15) is 24.4 Å². The van der Waals surface area contributed by atoms with Gasteiger partial charge in [0.15, 0.2) is 6.29 Å². The molecule has 3 aliphatic rings. The molecule has 1 aliphatic carbocycles. The first-order valence-electron chi connectivity index (χ1n) is 9.00. The first-order valence-corrected chi connectivity index (χ1v) is 9.44. The summed E-state index contributed by atoms with van der Waals surface area (Å²) in [6, 6.07) is 0. The average Bonchev–Trinajstić information content (AvgIpc) is 2.88. The third kappa shape index (κ3) is 3.64. The number of methoxy groups -OCH3 is 1. The number of hydrogen-bond acceptors (Lipinski definition) is 11. The predicted molar refractivity (Wildman–Crippen MR) is 93.1 cm³/mol. The molecule has 29 heavy (non-hydrogen) atoms. The SMILES string of the molecule is COC(=O)C1=CO[C@@H](O[C@@H]2O[C@H](CO)[C@@H](O)[C@H](O)[C@H]2O)[C@H]2[C@@H]1[C@H](O)[C@@H](Cl)[C@]2(C)O. The van der Waals surface area contributed by atoms with Gasteiger partial charge in [-0.2, -0.15) is 0 Å². The zero-order chi connectivity index (χ0) is 21.7. The van der Waals surface area contributed by atoms with Crippen LogP contribution >= 0.6 is 11.6 Å². The highest BCUT2D eigenvalue weighted by Crippen LogP contribution is 2.51. The molecule has 2 aliphatic heterocycles. The van der Waals surface area contributed by atoms with Gasteiger partial charge in [-0.05, 0) is 6.92 Å². The van der Waals surface area contributed by atoms with Crippen molar-refractivity contribution in [1.82, 2.24) is 0 Å². The molecule has 0 amide bonds. The second-order valence-corrected chi connectivity index (χ2v) is 8.04. The van der Waals surface area contributed by atoms with Crippen molar-refractivity contribution in [3.63, 3.8) is 0 Å². The maximum atomic E-state index is 12.1. The minimum atomic E-state index is -1.77. The quantitative estimate of drug-likeness (QED) is 0.196. The van der Waals surface area contributed by atoms with Crippen LogP contribution in [0, 0.1) is 11.8 Å². The standard InChI is InChI=1S/C17H25ClO11/c1-17(25)8-7(10(21)13(17)18)5(14(24)26-2)4-27-15(8)29-16-12(23)11(22)9(20)6(3-19)28-16/h4,6-13,15-16,19-23,25H,3H2,1-2H3/t6-,7-,8-,9-,10+,11+,12-,13-,15+,16+,17-/m1/s1. The van der Waals surface area contributed by atoms with Crippen LogP contribution in [-0.2, 0) is 23.7 Å². The number of carbonyl (C=O) groups is 1. The van der Waals surface area contributed by atoms with Gasteiger partial charge in [-0.3, -0.25) is 0 Å². The Bertz CT molecular complexity index is 653. The highest BCUT2D eigenvalue weighted by atomic mass is 35.5. The Hall–Kier alpha value is -1.02. The van der Waals surface area contributed by atoms with Crippen LogP contribution in [0.1, 0.15) is 6.92 Å². The number of fused-ring (bicyclic) bond motifs is 1. The van der Waals surface area contributed by atoms with E-state index in [1.54, 1.807) is 0 Å². The Labute approximate surface area is 171 Å². The molecule has 0 aromatic heterocycles. The Morgan fingerprint density at radius 1 is 1.17 bits per heavy atom. The lowest BCUT2D eigenvalue weighted by Gasteiger charge is -2.44. The summed E-state index contributed by atoms with van der Waals surface area (Å²) in [5, 5.41) is 59.5. The van der Waals surface area contributed by atoms with Gasteiger partial charge in [0, 0.05) is 5.92 Å². The van der Waals surface area contributed by atoms with Crippen molar-refractivity contribution in [3.8, 4) is 0 Å². The van der Waals surface area contributed by atoms with Crippen LogP contribution in [0.5, 0.6) is 0 Å². The lowest BCUT2D eigenvalue weighted by atomic mass is 9.80. The van der Waals surface area contributed by atoms with E-state index in [2.05, 4.69) is 4.74 Å². The molecule has 3 rings (SSSR count). The molecular formula is C17H25ClO11. The van der Waals surface area contributed by atoms with Crippen LogP contribution in [0.4, 0.5) is 0 Å². The summed E-state index contributed by atoms with van der Waals surface area (Å²) in [5.41, 5.74) is -1.82. The van der Waals surface area contributed by atoms with E-state index < -0.39 is 78.5 Å². The molecule has 166 valence electrons. The summed E-state index contributed by atoms with van der Waals surface area (Å²) >= 11 is 6.19. The molecule has 0 aromatic carbocycles. The van der Waals surface area contributed by atoms with Gasteiger partial charge in [-0.1, -0.05) is 0 Å². The average molecular weight is 441 g/mol. The number of alkyl halides is 1. The third-order valence-corrected chi connectivity index (χ3v) is 6.51. The number of hydrogen-bond donors (Lipinski definition) is 6. The van der Waals surface area contributed by atoms with E-state index >= 15 is 0 Å². The van der Waals surface area contributed by atoms with Crippen molar-refractivity contribution < 1.29 is 54.4 Å². The number of aliphatic hydroxyl groups is 6. The summed E-state index contributed by atoms with van der Waals surface area (Å²) in [5.74, 6) is -2.87. The molecule has 1 saturated heterocycles. The van der Waals surface area contributed by atoms with E-state index in [1.165, 1.54) is 6.92 Å². The zero-order valence-electron chi connectivity index (χ0n) is 15.7. The summed E-state index contributed by atoms with van der Waals surface area (Å²) in [4.78, 5) is 12.1. The number of ether oxygens (including phenoxy) is 4. The normalized spacial score (nSPS) is 49.8. The Morgan fingerprint density at radius 2 is 1.83 bits per heavy atom. The van der Waals surface area contributed by atoms with Crippen molar-refractivity contribution in [2.75, 3.05) is 13.7 Å². The second-order valence-electron chi connectivity index (χ2n) is 7.57. The number of esters is 1. The van der Waals surface area contributed by atoms with Gasteiger partial charge < -0.3 is 49.6 Å². The van der Waals surface area contributed by atoms with Gasteiger partial charge in [-0.25, -0.2) is 4.79 Å². The Morgan fingerprint density at radius 3 is 2.41 bits per heavy atom. The zero-order valence-corrected chi connectivity index (χ0v) is 16.4. The summed E-state index contributed by atoms with van der Waals surface area (Å²) in [7, 11) is 1.15. The van der Waals surface area contributed by atoms with Crippen molar-refractivity contribution in [2.24, 2.45) is 11.8 Å². The molecule has 11 nitrogen and oxygen atoms in total. The fourth-order valence-electron chi connectivity index (χ4n) is 4.14. The first kappa shape index (κ1) is 22.7. The van der Waals surface area contributed by atoms with E-state index in [4.69, 9.17) is 25.8 Å². The van der Waals surface area contributed by atoms with Crippen LogP contribution in [0.2, 0.25) is 0 Å². The molecule has 2 heterocycles. The predicted octanol–water partition coefficient (Wildman–Crippen LogP) is -2.82. The summed E-state index contributed by atoms with van der Waals surface area (Å²) < 4.78 is 21.0. The monoisotopic (exact) mass is 440 g/mol. The molecule has 12 heteroatoms. The highest BCUT2D eigenvalue weighted by molar-refractivity contribution is 6.22. The molecule has 0 radical (unpaired) electrons. The molecule has 0 aromatic rings. The lowest BCUT2D eigenvalue weighted by Crippen LogP contribution is -2.61. The van der Waals surface area contributed by atoms with Crippen molar-refractivity contribution in [3.05, 3.63) is 11.8 Å². The first-order chi connectivity index (χ1) is 13.6. The maximum absolute atomic E-state index is 12.1. The topological polar surface area (TPSA) is 175 Å². The van der Waals surface area contributed by atoms with Gasteiger partial charge >= 0.3 is 5.97 Å². The number of halogens is 1. The number of rotatable bonds is 4. The molecule has 0 bridgehead atoms. The highest BCUT2D eigenvalue weighted by Gasteiger charge is 2.64. The van der Waals surface area contributed by atoms with Crippen LogP contribution in [-0.4, -0.2) is 104 Å². The molecule has 0 unspecified atom stereocenters. The maximum Gasteiger partial charge on any atom is 0.337 e. The largest absolute Gasteiger partial charge is 0.471 e. The number of aliphatic hydroxyl groups excluding tert-OH is 5. The molecule has 2 fully saturated rings. The summed E-state index contributed by atoms with van der Waals surface area (Å²) in [6.45, 7) is 0.681. The van der Waals surface area contributed by atoms with Gasteiger partial charge in [0.2, 0.25) is 6.29 Å². The fraction of sp³-hybridized carbons (Fsp3) is 0.824. The molecule has 1 saturated carbocycles. The van der Waals surface area contributed by atoms with Crippen LogP contribution < -0.4 is 0 Å². The van der Waals surface area contributed by atoms with Crippen LogP contribution in [0.15, 0.2) is 11.8 Å². The minimum Gasteiger partial charge on any atom is -0.471 e. The second kappa shape index (κ2) is 8.25. The van der Waals surface area contributed by atoms with E-state index in [-0.39, 0.29) is 5.57 Å². The molecule has 11 atom stereocenters. The Balaban J connectivity index is 1.90. The van der Waals surface area contributed by atoms with Crippen molar-refractivity contribution >= 4 is 17.6 Å². The third-order valence-electron chi connectivity index (χ3n) is 5.81. The van der Waals surface area contributed by atoms with E-state index in [1.807, 2.05) is 0 Å². The van der Waals surface area contributed by atoms with Gasteiger partial charge in [0.25, 0.3) is 0 Å². The molecule has 6 N–H and O–H groups in total. The lowest BCUT2D eigenvalue weighted by molar-refractivity contribution is -0.346. The smallest absolute Gasteiger partial charge is 0.337 e. The number of carbonyl (C=O) groups excluding carboxylic acids is 1. The van der Waals surface area contributed by atoms with E-state index in [0.717, 1.165) is 13.4 Å². The van der Waals surface area contributed by atoms with Gasteiger partial charge in [-0.15, -0.1) is 11.6 Å². The van der Waals surface area contributed by atoms with E-state index in [9.17, 15) is 35.4 Å². The van der Waals surface area contributed by atoms with Crippen molar-refractivity contribution in [2.45, 2.75) is 61.0 Å². The van der Waals surface area contributed by atoms with Crippen LogP contribution in [0.3, 0.4) is 0 Å².